The Morgan fingerprint density at radius 2 is 1.78 bits per heavy atom. The lowest BCUT2D eigenvalue weighted by Gasteiger charge is -2.27. The summed E-state index contributed by atoms with van der Waals surface area (Å²) < 4.78 is 11.7. The highest BCUT2D eigenvalue weighted by atomic mass is 16.5. The van der Waals surface area contributed by atoms with Crippen molar-refractivity contribution in [3.8, 4) is 5.88 Å². The molecule has 0 unspecified atom stereocenters. The van der Waals surface area contributed by atoms with Gasteiger partial charge in [0.25, 0.3) is 0 Å². The monoisotopic (exact) mass is 427 g/mol. The Kier molecular flexibility index (Phi) is 6.07. The number of benzene rings is 2. The fourth-order valence-electron chi connectivity index (χ4n) is 3.65. The molecule has 1 saturated heterocycles. The van der Waals surface area contributed by atoms with E-state index in [0.29, 0.717) is 38.2 Å². The normalized spacial score (nSPS) is 13.8. The second kappa shape index (κ2) is 9.62. The number of morpholine rings is 1. The van der Waals surface area contributed by atoms with Crippen molar-refractivity contribution in [1.82, 2.24) is 15.0 Å². The Labute approximate surface area is 187 Å². The smallest absolute Gasteiger partial charge is 0.229 e. The van der Waals surface area contributed by atoms with E-state index >= 15 is 0 Å². The van der Waals surface area contributed by atoms with E-state index in [9.17, 15) is 0 Å². The number of pyridine rings is 1. The number of anilines is 2. The SMILES string of the molecule is c1ccc(COc2nc(N3CCOCC3)nc3cc(NCc4cccnc4)ccc23)cc1. The van der Waals surface area contributed by atoms with Crippen molar-refractivity contribution in [2.24, 2.45) is 0 Å². The van der Waals surface area contributed by atoms with Crippen LogP contribution in [0.4, 0.5) is 11.6 Å². The molecule has 0 aliphatic carbocycles. The van der Waals surface area contributed by atoms with Crippen LogP contribution < -0.4 is 15.0 Å². The zero-order chi connectivity index (χ0) is 21.6. The molecule has 1 fully saturated rings. The van der Waals surface area contributed by atoms with E-state index in [0.717, 1.165) is 40.8 Å². The molecule has 2 aromatic carbocycles. The predicted molar refractivity (Wildman–Crippen MR) is 125 cm³/mol. The van der Waals surface area contributed by atoms with Crippen molar-refractivity contribution >= 4 is 22.5 Å². The first-order valence-corrected chi connectivity index (χ1v) is 10.8. The molecular weight excluding hydrogens is 402 g/mol. The number of fused-ring (bicyclic) bond motifs is 1. The topological polar surface area (TPSA) is 72.4 Å². The van der Waals surface area contributed by atoms with Crippen molar-refractivity contribution < 1.29 is 9.47 Å². The number of ether oxygens (including phenoxy) is 2. The molecule has 0 saturated carbocycles. The first-order chi connectivity index (χ1) is 15.8. The van der Waals surface area contributed by atoms with Crippen LogP contribution in [0.15, 0.2) is 73.1 Å². The van der Waals surface area contributed by atoms with Gasteiger partial charge in [0.2, 0.25) is 11.8 Å². The highest BCUT2D eigenvalue weighted by Crippen LogP contribution is 2.29. The van der Waals surface area contributed by atoms with Crippen LogP contribution in [0.2, 0.25) is 0 Å². The van der Waals surface area contributed by atoms with Gasteiger partial charge in [-0.05, 0) is 35.4 Å². The number of nitrogens with zero attached hydrogens (tertiary/aromatic N) is 4. The number of hydrogen-bond donors (Lipinski definition) is 1. The van der Waals surface area contributed by atoms with Crippen molar-refractivity contribution in [3.63, 3.8) is 0 Å². The summed E-state index contributed by atoms with van der Waals surface area (Å²) in [5.74, 6) is 1.27. The molecule has 1 N–H and O–H groups in total. The van der Waals surface area contributed by atoms with Crippen molar-refractivity contribution in [2.75, 3.05) is 36.5 Å². The largest absolute Gasteiger partial charge is 0.472 e. The molecule has 3 heterocycles. The van der Waals surface area contributed by atoms with Crippen LogP contribution in [0.1, 0.15) is 11.1 Å². The summed E-state index contributed by atoms with van der Waals surface area (Å²) in [5.41, 5.74) is 4.06. The third-order valence-corrected chi connectivity index (χ3v) is 5.38. The number of hydrogen-bond acceptors (Lipinski definition) is 7. The van der Waals surface area contributed by atoms with E-state index in [2.05, 4.69) is 21.3 Å². The first-order valence-electron chi connectivity index (χ1n) is 10.8. The molecule has 1 aliphatic rings. The first kappa shape index (κ1) is 20.2. The maximum atomic E-state index is 6.17. The van der Waals surface area contributed by atoms with E-state index in [4.69, 9.17) is 19.4 Å². The minimum absolute atomic E-state index is 0.455. The van der Waals surface area contributed by atoms with Gasteiger partial charge in [-0.25, -0.2) is 4.98 Å². The minimum Gasteiger partial charge on any atom is -0.472 e. The van der Waals surface area contributed by atoms with E-state index in [-0.39, 0.29) is 0 Å². The number of aromatic nitrogens is 3. The van der Waals surface area contributed by atoms with Gasteiger partial charge in [0.1, 0.15) is 6.61 Å². The quantitative estimate of drug-likeness (QED) is 0.477. The molecule has 0 amide bonds. The lowest BCUT2D eigenvalue weighted by atomic mass is 10.2. The molecule has 4 aromatic rings. The molecule has 0 atom stereocenters. The van der Waals surface area contributed by atoms with E-state index in [1.807, 2.05) is 60.8 Å². The van der Waals surface area contributed by atoms with Crippen LogP contribution in [-0.2, 0) is 17.9 Å². The molecule has 0 bridgehead atoms. The highest BCUT2D eigenvalue weighted by Gasteiger charge is 2.17. The van der Waals surface area contributed by atoms with Crippen LogP contribution in [0.5, 0.6) is 5.88 Å². The molecular formula is C25H25N5O2. The average Bonchev–Trinajstić information content (AvgIpc) is 2.87. The molecule has 162 valence electrons. The van der Waals surface area contributed by atoms with Crippen LogP contribution >= 0.6 is 0 Å². The maximum absolute atomic E-state index is 6.17. The van der Waals surface area contributed by atoms with Gasteiger partial charge in [-0.15, -0.1) is 0 Å². The highest BCUT2D eigenvalue weighted by molar-refractivity contribution is 5.87. The summed E-state index contributed by atoms with van der Waals surface area (Å²) in [6, 6.07) is 20.2. The standard InChI is InChI=1S/C25H25N5O2/c1-2-5-19(6-3-1)18-32-24-22-9-8-21(27-17-20-7-4-10-26-16-20)15-23(22)28-25(29-24)30-11-13-31-14-12-30/h1-10,15-16,27H,11-14,17-18H2. The second-order valence-electron chi connectivity index (χ2n) is 7.65. The van der Waals surface area contributed by atoms with Gasteiger partial charge in [-0.2, -0.15) is 4.98 Å². The van der Waals surface area contributed by atoms with Crippen molar-refractivity contribution in [2.45, 2.75) is 13.2 Å². The third-order valence-electron chi connectivity index (χ3n) is 5.38. The van der Waals surface area contributed by atoms with Crippen molar-refractivity contribution in [1.29, 1.82) is 0 Å². The molecule has 0 spiro atoms. The molecule has 5 rings (SSSR count). The fourth-order valence-corrected chi connectivity index (χ4v) is 3.65. The summed E-state index contributed by atoms with van der Waals surface area (Å²) in [5, 5.41) is 4.35. The summed E-state index contributed by atoms with van der Waals surface area (Å²) in [4.78, 5) is 15.9. The number of rotatable bonds is 7. The molecule has 2 aromatic heterocycles. The van der Waals surface area contributed by atoms with E-state index in [1.165, 1.54) is 0 Å². The minimum atomic E-state index is 0.455. The molecule has 7 heteroatoms. The van der Waals surface area contributed by atoms with Gasteiger partial charge >= 0.3 is 0 Å². The Morgan fingerprint density at radius 3 is 2.59 bits per heavy atom. The van der Waals surface area contributed by atoms with E-state index in [1.54, 1.807) is 6.20 Å². The van der Waals surface area contributed by atoms with E-state index < -0.39 is 0 Å². The van der Waals surface area contributed by atoms with Crippen molar-refractivity contribution in [3.05, 3.63) is 84.2 Å². The third kappa shape index (κ3) is 4.78. The molecule has 1 aliphatic heterocycles. The molecule has 7 nitrogen and oxygen atoms in total. The summed E-state index contributed by atoms with van der Waals surface area (Å²) in [7, 11) is 0. The second-order valence-corrected chi connectivity index (χ2v) is 7.65. The average molecular weight is 428 g/mol. The van der Waals surface area contributed by atoms with Gasteiger partial charge < -0.3 is 19.7 Å². The van der Waals surface area contributed by atoms with Gasteiger partial charge in [0.05, 0.1) is 24.1 Å². The molecule has 0 radical (unpaired) electrons. The van der Waals surface area contributed by atoms with Crippen LogP contribution in [0.25, 0.3) is 10.9 Å². The zero-order valence-corrected chi connectivity index (χ0v) is 17.8. The summed E-state index contributed by atoms with van der Waals surface area (Å²) in [6.07, 6.45) is 3.64. The lowest BCUT2D eigenvalue weighted by Crippen LogP contribution is -2.37. The van der Waals surface area contributed by atoms with Gasteiger partial charge in [-0.3, -0.25) is 4.98 Å². The van der Waals surface area contributed by atoms with Crippen LogP contribution in [0, 0.1) is 0 Å². The molecule has 32 heavy (non-hydrogen) atoms. The fraction of sp³-hybridized carbons (Fsp3) is 0.240. The van der Waals surface area contributed by atoms with Crippen LogP contribution in [-0.4, -0.2) is 41.3 Å². The summed E-state index contributed by atoms with van der Waals surface area (Å²) in [6.45, 7) is 4.03. The van der Waals surface area contributed by atoms with Gasteiger partial charge in [0.15, 0.2) is 0 Å². The Bertz CT molecular complexity index is 1170. The number of nitrogens with one attached hydrogen (secondary N) is 1. The zero-order valence-electron chi connectivity index (χ0n) is 17.8. The van der Waals surface area contributed by atoms with Gasteiger partial charge in [0, 0.05) is 37.7 Å². The lowest BCUT2D eigenvalue weighted by molar-refractivity contribution is 0.122. The Hall–Kier alpha value is -3.71. The Morgan fingerprint density at radius 1 is 0.938 bits per heavy atom. The predicted octanol–water partition coefficient (Wildman–Crippen LogP) is 4.05. The van der Waals surface area contributed by atoms with Gasteiger partial charge in [-0.1, -0.05) is 36.4 Å². The Balaban J connectivity index is 1.44. The summed E-state index contributed by atoms with van der Waals surface area (Å²) >= 11 is 0. The maximum Gasteiger partial charge on any atom is 0.229 e. The van der Waals surface area contributed by atoms with Crippen LogP contribution in [0.3, 0.4) is 0 Å².